The molecular weight excluding hydrogens is 326 g/mol. The molecule has 0 bridgehead atoms. The van der Waals surface area contributed by atoms with Crippen molar-refractivity contribution in [2.24, 2.45) is 0 Å². The number of aryl methyl sites for hydroxylation is 1. The van der Waals surface area contributed by atoms with E-state index in [1.54, 1.807) is 12.1 Å². The highest BCUT2D eigenvalue weighted by molar-refractivity contribution is 5.95. The number of carbonyl (C=O) groups excluding carboxylic acids is 1. The SMILES string of the molecule is Cc1ccc(-c2cc(C(=O)NC(CCOC(C)(C)C)C(=O)O)n[nH]2)o1. The van der Waals surface area contributed by atoms with Crippen molar-refractivity contribution in [3.8, 4) is 11.5 Å². The first kappa shape index (κ1) is 18.7. The number of nitrogens with zero attached hydrogens (tertiary/aromatic N) is 1. The zero-order chi connectivity index (χ0) is 18.6. The van der Waals surface area contributed by atoms with E-state index < -0.39 is 17.9 Å². The number of aliphatic carboxylic acids is 1. The third-order valence-corrected chi connectivity index (χ3v) is 3.36. The lowest BCUT2D eigenvalue weighted by Gasteiger charge is -2.21. The number of carboxylic acid groups (broad SMARTS) is 1. The number of amides is 1. The molecule has 1 atom stereocenters. The van der Waals surface area contributed by atoms with E-state index in [0.29, 0.717) is 11.5 Å². The number of nitrogens with one attached hydrogen (secondary N) is 2. The summed E-state index contributed by atoms with van der Waals surface area (Å²) in [4.78, 5) is 23.6. The van der Waals surface area contributed by atoms with Gasteiger partial charge in [-0.05, 0) is 39.8 Å². The summed E-state index contributed by atoms with van der Waals surface area (Å²) in [5, 5.41) is 18.3. The Hall–Kier alpha value is -2.61. The molecule has 0 aliphatic carbocycles. The normalized spacial score (nSPS) is 12.8. The minimum atomic E-state index is -1.12. The minimum Gasteiger partial charge on any atom is -0.480 e. The van der Waals surface area contributed by atoms with Gasteiger partial charge in [-0.3, -0.25) is 9.89 Å². The van der Waals surface area contributed by atoms with Crippen LogP contribution in [-0.4, -0.2) is 45.4 Å². The number of aromatic amines is 1. The van der Waals surface area contributed by atoms with Gasteiger partial charge < -0.3 is 19.6 Å². The maximum atomic E-state index is 12.2. The predicted molar refractivity (Wildman–Crippen MR) is 90.2 cm³/mol. The Morgan fingerprint density at radius 1 is 1.40 bits per heavy atom. The molecule has 0 radical (unpaired) electrons. The van der Waals surface area contributed by atoms with E-state index in [2.05, 4.69) is 15.5 Å². The van der Waals surface area contributed by atoms with Crippen LogP contribution in [0.1, 0.15) is 43.4 Å². The van der Waals surface area contributed by atoms with Gasteiger partial charge in [0, 0.05) is 19.1 Å². The second kappa shape index (κ2) is 7.52. The maximum absolute atomic E-state index is 12.2. The molecule has 0 aliphatic heterocycles. The molecular formula is C17H23N3O5. The molecule has 2 aromatic rings. The third kappa shape index (κ3) is 5.46. The van der Waals surface area contributed by atoms with Crippen LogP contribution in [0.4, 0.5) is 0 Å². The maximum Gasteiger partial charge on any atom is 0.326 e. The molecule has 3 N–H and O–H groups in total. The lowest BCUT2D eigenvalue weighted by atomic mass is 10.1. The van der Waals surface area contributed by atoms with Crippen molar-refractivity contribution < 1.29 is 23.8 Å². The van der Waals surface area contributed by atoms with Crippen molar-refractivity contribution in [1.82, 2.24) is 15.5 Å². The second-order valence-electron chi connectivity index (χ2n) is 6.69. The largest absolute Gasteiger partial charge is 0.480 e. The van der Waals surface area contributed by atoms with Gasteiger partial charge in [-0.2, -0.15) is 5.10 Å². The Balaban J connectivity index is 1.99. The zero-order valence-electron chi connectivity index (χ0n) is 14.8. The van der Waals surface area contributed by atoms with E-state index in [1.165, 1.54) is 6.07 Å². The molecule has 2 aromatic heterocycles. The Kier molecular flexibility index (Phi) is 5.63. The summed E-state index contributed by atoms with van der Waals surface area (Å²) in [6, 6.07) is 4.01. The van der Waals surface area contributed by atoms with Gasteiger partial charge >= 0.3 is 5.97 Å². The molecule has 0 spiro atoms. The van der Waals surface area contributed by atoms with Crippen LogP contribution in [0.15, 0.2) is 22.6 Å². The Bertz CT molecular complexity index is 742. The van der Waals surface area contributed by atoms with Crippen molar-refractivity contribution in [3.63, 3.8) is 0 Å². The van der Waals surface area contributed by atoms with Crippen molar-refractivity contribution in [3.05, 3.63) is 29.7 Å². The number of carbonyl (C=O) groups is 2. The summed E-state index contributed by atoms with van der Waals surface area (Å²) in [7, 11) is 0. The first-order chi connectivity index (χ1) is 11.7. The summed E-state index contributed by atoms with van der Waals surface area (Å²) in [5.74, 6) is -0.407. The van der Waals surface area contributed by atoms with Crippen LogP contribution >= 0.6 is 0 Å². The van der Waals surface area contributed by atoms with Gasteiger partial charge in [0.1, 0.15) is 17.5 Å². The number of H-pyrrole nitrogens is 1. The first-order valence-corrected chi connectivity index (χ1v) is 7.95. The summed E-state index contributed by atoms with van der Waals surface area (Å²) in [5.41, 5.74) is 0.263. The van der Waals surface area contributed by atoms with Gasteiger partial charge in [0.25, 0.3) is 5.91 Å². The van der Waals surface area contributed by atoms with Crippen LogP contribution in [0.3, 0.4) is 0 Å². The monoisotopic (exact) mass is 349 g/mol. The quantitative estimate of drug-likeness (QED) is 0.706. The molecule has 8 nitrogen and oxygen atoms in total. The predicted octanol–water partition coefficient (Wildman–Crippen LogP) is 2.37. The van der Waals surface area contributed by atoms with E-state index in [4.69, 9.17) is 9.15 Å². The Morgan fingerprint density at radius 2 is 2.12 bits per heavy atom. The number of aromatic nitrogens is 2. The van der Waals surface area contributed by atoms with Crippen molar-refractivity contribution in [1.29, 1.82) is 0 Å². The van der Waals surface area contributed by atoms with E-state index in [9.17, 15) is 14.7 Å². The summed E-state index contributed by atoms with van der Waals surface area (Å²) in [6.45, 7) is 7.66. The molecule has 136 valence electrons. The molecule has 1 amide bonds. The average Bonchev–Trinajstić information content (AvgIpc) is 3.13. The van der Waals surface area contributed by atoms with E-state index in [0.717, 1.165) is 5.76 Å². The van der Waals surface area contributed by atoms with Crippen molar-refractivity contribution in [2.45, 2.75) is 45.8 Å². The molecule has 25 heavy (non-hydrogen) atoms. The number of hydrogen-bond donors (Lipinski definition) is 3. The fraction of sp³-hybridized carbons (Fsp3) is 0.471. The summed E-state index contributed by atoms with van der Waals surface area (Å²) in [6.07, 6.45) is 0.160. The molecule has 1 unspecified atom stereocenters. The molecule has 2 rings (SSSR count). The molecule has 0 fully saturated rings. The van der Waals surface area contributed by atoms with Gasteiger partial charge in [0.2, 0.25) is 0 Å². The summed E-state index contributed by atoms with van der Waals surface area (Å²) < 4.78 is 11.0. The van der Waals surface area contributed by atoms with Crippen LogP contribution in [0.5, 0.6) is 0 Å². The summed E-state index contributed by atoms with van der Waals surface area (Å²) >= 11 is 0. The third-order valence-electron chi connectivity index (χ3n) is 3.36. The molecule has 8 heteroatoms. The fourth-order valence-electron chi connectivity index (χ4n) is 2.12. The van der Waals surface area contributed by atoms with Crippen LogP contribution in [0, 0.1) is 6.92 Å². The number of furan rings is 1. The van der Waals surface area contributed by atoms with Gasteiger partial charge in [0.15, 0.2) is 11.5 Å². The highest BCUT2D eigenvalue weighted by Crippen LogP contribution is 2.20. The van der Waals surface area contributed by atoms with Crippen LogP contribution < -0.4 is 5.32 Å². The Labute approximate surface area is 145 Å². The number of hydrogen-bond acceptors (Lipinski definition) is 5. The molecule has 0 saturated heterocycles. The van der Waals surface area contributed by atoms with Gasteiger partial charge in [-0.25, -0.2) is 4.79 Å². The van der Waals surface area contributed by atoms with Gasteiger partial charge in [0.05, 0.1) is 5.60 Å². The van der Waals surface area contributed by atoms with Crippen LogP contribution in [0.2, 0.25) is 0 Å². The number of carboxylic acids is 1. The lowest BCUT2D eigenvalue weighted by Crippen LogP contribution is -2.42. The van der Waals surface area contributed by atoms with E-state index in [-0.39, 0.29) is 24.3 Å². The molecule has 0 aromatic carbocycles. The Morgan fingerprint density at radius 3 is 2.68 bits per heavy atom. The molecule has 2 heterocycles. The average molecular weight is 349 g/mol. The van der Waals surface area contributed by atoms with E-state index in [1.807, 2.05) is 27.7 Å². The second-order valence-corrected chi connectivity index (χ2v) is 6.69. The standard InChI is InChI=1S/C17H23N3O5/c1-10-5-6-14(25-10)12-9-13(20-19-12)15(21)18-11(16(22)23)7-8-24-17(2,3)4/h5-6,9,11H,7-8H2,1-4H3,(H,18,21)(H,19,20)(H,22,23). The van der Waals surface area contributed by atoms with Crippen LogP contribution in [-0.2, 0) is 9.53 Å². The van der Waals surface area contributed by atoms with E-state index >= 15 is 0 Å². The molecule has 0 aliphatic rings. The highest BCUT2D eigenvalue weighted by Gasteiger charge is 2.23. The van der Waals surface area contributed by atoms with Gasteiger partial charge in [-0.1, -0.05) is 0 Å². The fourth-order valence-corrected chi connectivity index (χ4v) is 2.12. The van der Waals surface area contributed by atoms with Crippen molar-refractivity contribution in [2.75, 3.05) is 6.61 Å². The first-order valence-electron chi connectivity index (χ1n) is 7.95. The number of rotatable bonds is 7. The van der Waals surface area contributed by atoms with Crippen LogP contribution in [0.25, 0.3) is 11.5 Å². The highest BCUT2D eigenvalue weighted by atomic mass is 16.5. The number of ether oxygens (including phenoxy) is 1. The zero-order valence-corrected chi connectivity index (χ0v) is 14.8. The topological polar surface area (TPSA) is 117 Å². The lowest BCUT2D eigenvalue weighted by molar-refractivity contribution is -0.140. The van der Waals surface area contributed by atoms with Gasteiger partial charge in [-0.15, -0.1) is 0 Å². The minimum absolute atomic E-state index is 0.0899. The molecule has 0 saturated carbocycles. The smallest absolute Gasteiger partial charge is 0.326 e. The van der Waals surface area contributed by atoms with Crippen molar-refractivity contribution >= 4 is 11.9 Å².